The van der Waals surface area contributed by atoms with Crippen LogP contribution in [0.15, 0.2) is 0 Å². The summed E-state index contributed by atoms with van der Waals surface area (Å²) in [7, 11) is 0. The highest BCUT2D eigenvalue weighted by Gasteiger charge is 2.23. The molecule has 1 aliphatic rings. The van der Waals surface area contributed by atoms with Gasteiger partial charge in [0.15, 0.2) is 0 Å². The van der Waals surface area contributed by atoms with E-state index >= 15 is 0 Å². The molecule has 1 rings (SSSR count). The number of halogens is 1. The lowest BCUT2D eigenvalue weighted by Gasteiger charge is -2.32. The molecule has 0 aromatic carbocycles. The molecule has 0 unspecified atom stereocenters. The summed E-state index contributed by atoms with van der Waals surface area (Å²) < 4.78 is 4.91. The Balaban J connectivity index is 0.00000144. The maximum absolute atomic E-state index is 11.3. The number of rotatable bonds is 1. The molecule has 1 fully saturated rings. The van der Waals surface area contributed by atoms with Crippen LogP contribution < -0.4 is 5.32 Å². The second-order valence-electron chi connectivity index (χ2n) is 2.95. The largest absolute Gasteiger partial charge is 0.450 e. The normalized spacial score (nSPS) is 22.0. The van der Waals surface area contributed by atoms with Crippen molar-refractivity contribution in [2.24, 2.45) is 0 Å². The van der Waals surface area contributed by atoms with Gasteiger partial charge >= 0.3 is 6.09 Å². The molecule has 1 saturated heterocycles. The summed E-state index contributed by atoms with van der Waals surface area (Å²) in [5.74, 6) is 0. The quantitative estimate of drug-likeness (QED) is 0.695. The highest BCUT2D eigenvalue weighted by atomic mass is 35.5. The Bertz CT molecular complexity index is 166. The number of carbonyl (C=O) groups excluding carboxylic acids is 1. The van der Waals surface area contributed by atoms with Gasteiger partial charge in [-0.25, -0.2) is 4.79 Å². The molecule has 1 atom stereocenters. The van der Waals surface area contributed by atoms with Gasteiger partial charge in [-0.1, -0.05) is 0 Å². The van der Waals surface area contributed by atoms with Crippen LogP contribution in [0.4, 0.5) is 4.79 Å². The summed E-state index contributed by atoms with van der Waals surface area (Å²) >= 11 is 0. The molecule has 4 nitrogen and oxygen atoms in total. The van der Waals surface area contributed by atoms with Crippen molar-refractivity contribution in [3.8, 4) is 0 Å². The first-order chi connectivity index (χ1) is 5.75. The van der Waals surface area contributed by atoms with E-state index < -0.39 is 0 Å². The lowest BCUT2D eigenvalue weighted by molar-refractivity contribution is 0.0852. The van der Waals surface area contributed by atoms with Gasteiger partial charge in [0.05, 0.1) is 6.61 Å². The van der Waals surface area contributed by atoms with Crippen molar-refractivity contribution in [1.29, 1.82) is 0 Å². The number of amides is 1. The third-order valence-corrected chi connectivity index (χ3v) is 2.00. The van der Waals surface area contributed by atoms with E-state index in [0.29, 0.717) is 6.61 Å². The summed E-state index contributed by atoms with van der Waals surface area (Å²) in [6.45, 7) is 6.77. The smallest absolute Gasteiger partial charge is 0.410 e. The van der Waals surface area contributed by atoms with Crippen molar-refractivity contribution < 1.29 is 9.53 Å². The molecule has 1 amide bonds. The molecular formula is C8H17ClN2O2. The number of ether oxygens (including phenoxy) is 1. The van der Waals surface area contributed by atoms with Crippen molar-refractivity contribution in [1.82, 2.24) is 10.2 Å². The van der Waals surface area contributed by atoms with Gasteiger partial charge in [0.25, 0.3) is 0 Å². The maximum atomic E-state index is 11.3. The van der Waals surface area contributed by atoms with Crippen LogP contribution in [-0.2, 0) is 4.74 Å². The Kier molecular flexibility index (Phi) is 5.82. The van der Waals surface area contributed by atoms with E-state index in [4.69, 9.17) is 4.74 Å². The van der Waals surface area contributed by atoms with Crippen LogP contribution in [0, 0.1) is 0 Å². The minimum absolute atomic E-state index is 0. The van der Waals surface area contributed by atoms with Gasteiger partial charge in [0, 0.05) is 25.7 Å². The van der Waals surface area contributed by atoms with E-state index in [1.807, 2.05) is 13.8 Å². The van der Waals surface area contributed by atoms with Gasteiger partial charge in [0.2, 0.25) is 0 Å². The van der Waals surface area contributed by atoms with Crippen LogP contribution in [-0.4, -0.2) is 43.3 Å². The fraction of sp³-hybridized carbons (Fsp3) is 0.875. The highest BCUT2D eigenvalue weighted by molar-refractivity contribution is 5.85. The van der Waals surface area contributed by atoms with Crippen LogP contribution in [0.25, 0.3) is 0 Å². The Labute approximate surface area is 85.0 Å². The predicted molar refractivity (Wildman–Crippen MR) is 53.3 cm³/mol. The van der Waals surface area contributed by atoms with Crippen LogP contribution >= 0.6 is 12.4 Å². The van der Waals surface area contributed by atoms with Crippen LogP contribution in [0.2, 0.25) is 0 Å². The first kappa shape index (κ1) is 12.5. The second kappa shape index (κ2) is 6.05. The lowest BCUT2D eigenvalue weighted by atomic mass is 10.2. The second-order valence-corrected chi connectivity index (χ2v) is 2.95. The summed E-state index contributed by atoms with van der Waals surface area (Å²) in [6, 6.07) is 0.248. The first-order valence-corrected chi connectivity index (χ1v) is 4.39. The SMILES string of the molecule is CCOC(=O)N1CCNC[C@H]1C.Cl. The van der Waals surface area contributed by atoms with Crippen molar-refractivity contribution in [3.63, 3.8) is 0 Å². The predicted octanol–water partition coefficient (Wildman–Crippen LogP) is 0.858. The van der Waals surface area contributed by atoms with Crippen LogP contribution in [0.5, 0.6) is 0 Å². The number of piperazine rings is 1. The average Bonchev–Trinajstić information content (AvgIpc) is 2.05. The molecule has 13 heavy (non-hydrogen) atoms. The minimum Gasteiger partial charge on any atom is -0.450 e. The average molecular weight is 209 g/mol. The van der Waals surface area contributed by atoms with E-state index in [2.05, 4.69) is 5.32 Å². The van der Waals surface area contributed by atoms with Gasteiger partial charge in [-0.05, 0) is 13.8 Å². The Morgan fingerprint density at radius 1 is 1.69 bits per heavy atom. The molecule has 5 heteroatoms. The van der Waals surface area contributed by atoms with Crippen molar-refractivity contribution in [2.45, 2.75) is 19.9 Å². The molecule has 0 bridgehead atoms. The van der Waals surface area contributed by atoms with E-state index in [1.54, 1.807) is 4.90 Å². The van der Waals surface area contributed by atoms with Gasteiger partial charge < -0.3 is 15.0 Å². The molecule has 0 radical (unpaired) electrons. The molecular weight excluding hydrogens is 192 g/mol. The zero-order valence-electron chi connectivity index (χ0n) is 8.08. The topological polar surface area (TPSA) is 41.6 Å². The van der Waals surface area contributed by atoms with Crippen molar-refractivity contribution in [2.75, 3.05) is 26.2 Å². The van der Waals surface area contributed by atoms with Crippen molar-refractivity contribution in [3.05, 3.63) is 0 Å². The Morgan fingerprint density at radius 3 is 2.92 bits per heavy atom. The molecule has 1 aliphatic heterocycles. The molecule has 1 heterocycles. The van der Waals surface area contributed by atoms with E-state index in [9.17, 15) is 4.79 Å². The first-order valence-electron chi connectivity index (χ1n) is 4.39. The fourth-order valence-corrected chi connectivity index (χ4v) is 1.32. The summed E-state index contributed by atoms with van der Waals surface area (Å²) in [4.78, 5) is 13.0. The van der Waals surface area contributed by atoms with Gasteiger partial charge in [0.1, 0.15) is 0 Å². The molecule has 0 aromatic heterocycles. The number of nitrogens with one attached hydrogen (secondary N) is 1. The highest BCUT2D eigenvalue weighted by Crippen LogP contribution is 2.04. The summed E-state index contributed by atoms with van der Waals surface area (Å²) in [5.41, 5.74) is 0. The van der Waals surface area contributed by atoms with Gasteiger partial charge in [-0.3, -0.25) is 0 Å². The number of hydrogen-bond donors (Lipinski definition) is 1. The fourth-order valence-electron chi connectivity index (χ4n) is 1.32. The van der Waals surface area contributed by atoms with Crippen LogP contribution in [0.1, 0.15) is 13.8 Å². The maximum Gasteiger partial charge on any atom is 0.410 e. The number of nitrogens with zero attached hydrogens (tertiary/aromatic N) is 1. The van der Waals surface area contributed by atoms with E-state index in [0.717, 1.165) is 19.6 Å². The number of carbonyl (C=O) groups is 1. The summed E-state index contributed by atoms with van der Waals surface area (Å²) in [5, 5.41) is 3.21. The number of hydrogen-bond acceptors (Lipinski definition) is 3. The third kappa shape index (κ3) is 3.40. The van der Waals surface area contributed by atoms with Gasteiger partial charge in [-0.15, -0.1) is 12.4 Å². The lowest BCUT2D eigenvalue weighted by Crippen LogP contribution is -2.52. The molecule has 0 aromatic rings. The Hall–Kier alpha value is -0.480. The van der Waals surface area contributed by atoms with E-state index in [1.165, 1.54) is 0 Å². The van der Waals surface area contributed by atoms with Crippen LogP contribution in [0.3, 0.4) is 0 Å². The molecule has 78 valence electrons. The molecule has 1 N–H and O–H groups in total. The van der Waals surface area contributed by atoms with E-state index in [-0.39, 0.29) is 24.5 Å². The monoisotopic (exact) mass is 208 g/mol. The molecule has 0 saturated carbocycles. The zero-order valence-corrected chi connectivity index (χ0v) is 8.89. The third-order valence-electron chi connectivity index (χ3n) is 2.00. The minimum atomic E-state index is -0.188. The Morgan fingerprint density at radius 2 is 2.38 bits per heavy atom. The zero-order chi connectivity index (χ0) is 8.97. The summed E-state index contributed by atoms with van der Waals surface area (Å²) in [6.07, 6.45) is -0.188. The molecule has 0 aliphatic carbocycles. The van der Waals surface area contributed by atoms with Crippen molar-refractivity contribution >= 4 is 18.5 Å². The molecule has 0 spiro atoms. The standard InChI is InChI=1S/C8H16N2O2.ClH/c1-3-12-8(11)10-5-4-9-6-7(10)2;/h7,9H,3-6H2,1-2H3;1H/t7-;/m1./s1. The van der Waals surface area contributed by atoms with Gasteiger partial charge in [-0.2, -0.15) is 0 Å².